The highest BCUT2D eigenvalue weighted by atomic mass is 16.4. The summed E-state index contributed by atoms with van der Waals surface area (Å²) < 4.78 is 0. The maximum absolute atomic E-state index is 11.6. The number of rotatable bonds is 11. The van der Waals surface area contributed by atoms with E-state index in [0.29, 0.717) is 12.8 Å². The molecule has 0 aromatic heterocycles. The van der Waals surface area contributed by atoms with Gasteiger partial charge in [-0.2, -0.15) is 0 Å². The molecule has 0 amide bonds. The molecule has 4 nitrogen and oxygen atoms in total. The lowest BCUT2D eigenvalue weighted by Crippen LogP contribution is -2.61. The summed E-state index contributed by atoms with van der Waals surface area (Å²) in [5.41, 5.74) is -3.55. The molecular weight excluding hydrogens is 244 g/mol. The first-order valence-electron chi connectivity index (χ1n) is 7.44. The van der Waals surface area contributed by atoms with E-state index in [2.05, 4.69) is 13.8 Å². The van der Waals surface area contributed by atoms with E-state index in [0.717, 1.165) is 38.5 Å². The minimum Gasteiger partial charge on any atom is -0.393 e. The van der Waals surface area contributed by atoms with Crippen LogP contribution in [0.5, 0.6) is 0 Å². The van der Waals surface area contributed by atoms with Crippen molar-refractivity contribution in [3.8, 4) is 0 Å². The Balaban J connectivity index is 4.94. The molecule has 114 valence electrons. The maximum atomic E-state index is 11.6. The number of ketones is 1. The lowest BCUT2D eigenvalue weighted by molar-refractivity contribution is -0.188. The highest BCUT2D eigenvalue weighted by Gasteiger charge is 2.51. The molecule has 1 unspecified atom stereocenters. The second kappa shape index (κ2) is 8.67. The van der Waals surface area contributed by atoms with Crippen molar-refractivity contribution >= 4 is 5.78 Å². The first kappa shape index (κ1) is 18.6. The third kappa shape index (κ3) is 4.86. The topological polar surface area (TPSA) is 77.8 Å². The zero-order valence-electron chi connectivity index (χ0n) is 12.6. The van der Waals surface area contributed by atoms with Gasteiger partial charge < -0.3 is 15.3 Å². The fourth-order valence-corrected chi connectivity index (χ4v) is 2.46. The van der Waals surface area contributed by atoms with Crippen LogP contribution in [0.1, 0.15) is 72.1 Å². The van der Waals surface area contributed by atoms with Gasteiger partial charge in [0.1, 0.15) is 5.60 Å². The fraction of sp³-hybridized carbons (Fsp3) is 0.933. The predicted molar refractivity (Wildman–Crippen MR) is 76.0 cm³/mol. The Bertz CT molecular complexity index is 255. The maximum Gasteiger partial charge on any atom is 0.174 e. The van der Waals surface area contributed by atoms with Crippen molar-refractivity contribution in [2.45, 2.75) is 83.3 Å². The number of aliphatic hydroxyl groups is 3. The second-order valence-corrected chi connectivity index (χ2v) is 5.52. The van der Waals surface area contributed by atoms with E-state index in [1.165, 1.54) is 6.92 Å². The quantitative estimate of drug-likeness (QED) is 0.505. The van der Waals surface area contributed by atoms with Crippen LogP contribution in [0, 0.1) is 0 Å². The average molecular weight is 274 g/mol. The average Bonchev–Trinajstić information content (AvgIpc) is 2.38. The molecule has 3 N–H and O–H groups in total. The third-order valence-electron chi connectivity index (χ3n) is 3.97. The molecule has 0 bridgehead atoms. The minimum atomic E-state index is -2.03. The van der Waals surface area contributed by atoms with Crippen molar-refractivity contribution < 1.29 is 20.1 Å². The van der Waals surface area contributed by atoms with Gasteiger partial charge in [0, 0.05) is 0 Å². The minimum absolute atomic E-state index is 0.348. The summed E-state index contributed by atoms with van der Waals surface area (Å²) >= 11 is 0. The number of Topliss-reactive ketones (excluding diaryl/α,β-unsaturated/α-hetero) is 1. The van der Waals surface area contributed by atoms with Crippen LogP contribution in [0.25, 0.3) is 0 Å². The summed E-state index contributed by atoms with van der Waals surface area (Å²) in [6.07, 6.45) is 6.07. The zero-order chi connectivity index (χ0) is 14.9. The van der Waals surface area contributed by atoms with E-state index >= 15 is 0 Å². The van der Waals surface area contributed by atoms with Gasteiger partial charge in [-0.15, -0.1) is 0 Å². The molecular formula is C15H30O4. The summed E-state index contributed by atoms with van der Waals surface area (Å²) in [6.45, 7) is 4.61. The standard InChI is InChI=1S/C15H30O4/c1-4-6-8-10-14(18,11-9-7-5-2)15(19,12-16)13(3)17/h16,18-19H,4-12H2,1-3H3. The van der Waals surface area contributed by atoms with Crippen LogP contribution in [0.2, 0.25) is 0 Å². The van der Waals surface area contributed by atoms with Gasteiger partial charge in [-0.05, 0) is 19.8 Å². The summed E-state index contributed by atoms with van der Waals surface area (Å²) in [7, 11) is 0. The molecule has 0 radical (unpaired) electrons. The van der Waals surface area contributed by atoms with Gasteiger partial charge in [0.05, 0.1) is 6.61 Å². The number of aliphatic hydroxyl groups excluding tert-OH is 1. The highest BCUT2D eigenvalue weighted by Crippen LogP contribution is 2.34. The molecule has 0 saturated heterocycles. The SMILES string of the molecule is CCCCCC(O)(CCCCC)C(O)(CO)C(C)=O. The van der Waals surface area contributed by atoms with Gasteiger partial charge in [-0.1, -0.05) is 52.4 Å². The Morgan fingerprint density at radius 3 is 1.63 bits per heavy atom. The number of carbonyl (C=O) groups is 1. The van der Waals surface area contributed by atoms with Gasteiger partial charge in [0.15, 0.2) is 11.4 Å². The number of unbranched alkanes of at least 4 members (excludes halogenated alkanes) is 4. The Morgan fingerprint density at radius 2 is 1.37 bits per heavy atom. The normalized spacial score (nSPS) is 15.3. The summed E-state index contributed by atoms with van der Waals surface area (Å²) in [4.78, 5) is 11.6. The molecule has 0 aliphatic rings. The Labute approximate surface area is 116 Å². The predicted octanol–water partition coefficient (Wildman–Crippen LogP) is 2.19. The lowest BCUT2D eigenvalue weighted by Gasteiger charge is -2.41. The van der Waals surface area contributed by atoms with Crippen LogP contribution in [0.3, 0.4) is 0 Å². The van der Waals surface area contributed by atoms with Gasteiger partial charge >= 0.3 is 0 Å². The molecule has 0 fully saturated rings. The molecule has 0 heterocycles. The van der Waals surface area contributed by atoms with E-state index in [1.54, 1.807) is 0 Å². The van der Waals surface area contributed by atoms with Gasteiger partial charge in [-0.25, -0.2) is 0 Å². The van der Waals surface area contributed by atoms with E-state index in [1.807, 2.05) is 0 Å². The van der Waals surface area contributed by atoms with Crippen LogP contribution in [-0.2, 0) is 4.79 Å². The Hall–Kier alpha value is -0.450. The van der Waals surface area contributed by atoms with Crippen molar-refractivity contribution in [1.82, 2.24) is 0 Å². The van der Waals surface area contributed by atoms with Gasteiger partial charge in [0.25, 0.3) is 0 Å². The van der Waals surface area contributed by atoms with Crippen LogP contribution in [-0.4, -0.2) is 38.9 Å². The van der Waals surface area contributed by atoms with Crippen molar-refractivity contribution in [2.24, 2.45) is 0 Å². The molecule has 4 heteroatoms. The van der Waals surface area contributed by atoms with Crippen molar-refractivity contribution in [2.75, 3.05) is 6.61 Å². The van der Waals surface area contributed by atoms with Crippen LogP contribution >= 0.6 is 0 Å². The lowest BCUT2D eigenvalue weighted by atomic mass is 9.74. The van der Waals surface area contributed by atoms with Crippen molar-refractivity contribution in [3.05, 3.63) is 0 Å². The van der Waals surface area contributed by atoms with Crippen molar-refractivity contribution in [1.29, 1.82) is 0 Å². The molecule has 0 spiro atoms. The Morgan fingerprint density at radius 1 is 0.947 bits per heavy atom. The summed E-state index contributed by atoms with van der Waals surface area (Å²) in [5, 5.41) is 30.5. The van der Waals surface area contributed by atoms with E-state index in [9.17, 15) is 20.1 Å². The molecule has 0 saturated carbocycles. The van der Waals surface area contributed by atoms with Crippen LogP contribution in [0.15, 0.2) is 0 Å². The molecule has 0 rings (SSSR count). The first-order chi connectivity index (χ1) is 8.88. The Kier molecular flexibility index (Phi) is 8.46. The highest BCUT2D eigenvalue weighted by molar-refractivity contribution is 5.86. The van der Waals surface area contributed by atoms with Gasteiger partial charge in [-0.3, -0.25) is 4.79 Å². The molecule has 0 aromatic carbocycles. The number of hydrogen-bond donors (Lipinski definition) is 3. The van der Waals surface area contributed by atoms with Crippen LogP contribution in [0.4, 0.5) is 0 Å². The molecule has 19 heavy (non-hydrogen) atoms. The largest absolute Gasteiger partial charge is 0.393 e. The van der Waals surface area contributed by atoms with E-state index in [-0.39, 0.29) is 0 Å². The monoisotopic (exact) mass is 274 g/mol. The first-order valence-corrected chi connectivity index (χ1v) is 7.44. The molecule has 0 aliphatic carbocycles. The zero-order valence-corrected chi connectivity index (χ0v) is 12.6. The summed E-state index contributed by atoms with van der Waals surface area (Å²) in [5.74, 6) is -0.564. The number of carbonyl (C=O) groups excluding carboxylic acids is 1. The van der Waals surface area contributed by atoms with E-state index in [4.69, 9.17) is 0 Å². The molecule has 0 aromatic rings. The smallest absolute Gasteiger partial charge is 0.174 e. The van der Waals surface area contributed by atoms with Crippen molar-refractivity contribution in [3.63, 3.8) is 0 Å². The molecule has 1 atom stereocenters. The summed E-state index contributed by atoms with van der Waals surface area (Å²) in [6, 6.07) is 0. The van der Waals surface area contributed by atoms with Crippen LogP contribution < -0.4 is 0 Å². The number of hydrogen-bond acceptors (Lipinski definition) is 4. The van der Waals surface area contributed by atoms with E-state index < -0.39 is 23.6 Å². The second-order valence-electron chi connectivity index (χ2n) is 5.52. The molecule has 0 aliphatic heterocycles. The fourth-order valence-electron chi connectivity index (χ4n) is 2.46. The third-order valence-corrected chi connectivity index (χ3v) is 3.97. The van der Waals surface area contributed by atoms with Gasteiger partial charge in [0.2, 0.25) is 0 Å².